The summed E-state index contributed by atoms with van der Waals surface area (Å²) in [5.41, 5.74) is 4.60. The number of hydrogen-bond acceptors (Lipinski definition) is 6. The summed E-state index contributed by atoms with van der Waals surface area (Å²) in [6, 6.07) is 18.2. The largest absolute Gasteiger partial charge is 0.465 e. The predicted molar refractivity (Wildman–Crippen MR) is 151 cm³/mol. The first kappa shape index (κ1) is 27.5. The number of aryl methyl sites for hydroxylation is 4. The number of rotatable bonds is 8. The Morgan fingerprint density at radius 2 is 1.55 bits per heavy atom. The van der Waals surface area contributed by atoms with E-state index >= 15 is 0 Å². The maximum atomic E-state index is 13.9. The molecule has 1 heterocycles. The molecule has 3 aromatic carbocycles. The second-order valence-electron chi connectivity index (χ2n) is 9.39. The van der Waals surface area contributed by atoms with Gasteiger partial charge in [0, 0.05) is 16.9 Å². The van der Waals surface area contributed by atoms with Crippen LogP contribution in [0.3, 0.4) is 0 Å². The quantitative estimate of drug-likeness (QED) is 0.282. The first-order valence-corrected chi connectivity index (χ1v) is 14.3. The van der Waals surface area contributed by atoms with Crippen LogP contribution < -0.4 is 5.32 Å². The van der Waals surface area contributed by atoms with Gasteiger partial charge >= 0.3 is 5.97 Å². The van der Waals surface area contributed by atoms with Crippen molar-refractivity contribution in [3.8, 4) is 0 Å². The average molecular weight is 551 g/mol. The fourth-order valence-corrected chi connectivity index (χ4v) is 7.27. The van der Waals surface area contributed by atoms with E-state index in [4.69, 9.17) is 4.74 Å². The van der Waals surface area contributed by atoms with Crippen LogP contribution in [0.25, 0.3) is 10.1 Å². The molecule has 0 unspecified atom stereocenters. The Bertz CT molecular complexity index is 1600. The Balaban J connectivity index is 1.63. The van der Waals surface area contributed by atoms with E-state index in [2.05, 4.69) is 5.32 Å². The van der Waals surface area contributed by atoms with Crippen LogP contribution >= 0.6 is 11.3 Å². The van der Waals surface area contributed by atoms with Crippen molar-refractivity contribution < 1.29 is 22.7 Å². The van der Waals surface area contributed by atoms with Crippen molar-refractivity contribution in [3.63, 3.8) is 0 Å². The monoisotopic (exact) mass is 550 g/mol. The summed E-state index contributed by atoms with van der Waals surface area (Å²) in [6.45, 7) is 7.12. The molecule has 1 aromatic heterocycles. The van der Waals surface area contributed by atoms with Crippen LogP contribution in [-0.2, 0) is 26.1 Å². The molecule has 0 aliphatic heterocycles. The molecule has 1 N–H and O–H groups in total. The third-order valence-corrected chi connectivity index (χ3v) is 9.38. The summed E-state index contributed by atoms with van der Waals surface area (Å²) in [4.78, 5) is 25.7. The van der Waals surface area contributed by atoms with Gasteiger partial charge < -0.3 is 10.1 Å². The number of carbonyl (C=O) groups is 2. The molecule has 0 saturated carbocycles. The first-order chi connectivity index (χ1) is 18.0. The summed E-state index contributed by atoms with van der Waals surface area (Å²) < 4.78 is 34.7. The molecular formula is C29H30N2O5S2. The highest BCUT2D eigenvalue weighted by atomic mass is 32.2. The molecule has 0 bridgehead atoms. The molecule has 4 rings (SSSR count). The summed E-state index contributed by atoms with van der Waals surface area (Å²) in [7, 11) is -2.67. The lowest BCUT2D eigenvalue weighted by molar-refractivity contribution is -0.116. The van der Waals surface area contributed by atoms with Crippen LogP contribution in [0.5, 0.6) is 0 Å². The van der Waals surface area contributed by atoms with Crippen molar-refractivity contribution >= 4 is 49.0 Å². The van der Waals surface area contributed by atoms with Gasteiger partial charge in [0.05, 0.1) is 18.6 Å². The van der Waals surface area contributed by atoms with Crippen molar-refractivity contribution in [1.82, 2.24) is 4.31 Å². The minimum atomic E-state index is -4.00. The third kappa shape index (κ3) is 5.96. The van der Waals surface area contributed by atoms with Crippen molar-refractivity contribution in [2.45, 2.75) is 39.1 Å². The van der Waals surface area contributed by atoms with E-state index in [0.717, 1.165) is 26.8 Å². The number of nitrogens with one attached hydrogen (secondary N) is 1. The molecule has 0 spiro atoms. The number of methoxy groups -OCH3 is 1. The number of sulfonamides is 1. The Hall–Kier alpha value is -3.53. The van der Waals surface area contributed by atoms with Gasteiger partial charge in [-0.2, -0.15) is 4.31 Å². The van der Waals surface area contributed by atoms with E-state index in [1.807, 2.05) is 56.3 Å². The number of benzene rings is 3. The van der Waals surface area contributed by atoms with Gasteiger partial charge in [-0.05, 0) is 74.0 Å². The molecule has 4 aromatic rings. The van der Waals surface area contributed by atoms with E-state index in [1.54, 1.807) is 32.0 Å². The highest BCUT2D eigenvalue weighted by molar-refractivity contribution is 7.89. The topological polar surface area (TPSA) is 92.8 Å². The lowest BCUT2D eigenvalue weighted by atomic mass is 10.1. The van der Waals surface area contributed by atoms with E-state index < -0.39 is 21.9 Å². The van der Waals surface area contributed by atoms with Crippen LogP contribution in [-0.4, -0.2) is 38.3 Å². The fourth-order valence-electron chi connectivity index (χ4n) is 4.51. The normalized spacial score (nSPS) is 11.6. The molecule has 38 heavy (non-hydrogen) atoms. The number of esters is 1. The van der Waals surface area contributed by atoms with E-state index in [0.29, 0.717) is 21.7 Å². The zero-order chi connectivity index (χ0) is 27.6. The molecule has 198 valence electrons. The van der Waals surface area contributed by atoms with Gasteiger partial charge in [0.1, 0.15) is 4.88 Å². The van der Waals surface area contributed by atoms with E-state index in [1.165, 1.54) is 22.8 Å². The minimum Gasteiger partial charge on any atom is -0.465 e. The van der Waals surface area contributed by atoms with Crippen LogP contribution in [0.4, 0.5) is 5.69 Å². The zero-order valence-corrected chi connectivity index (χ0v) is 23.6. The number of fused-ring (bicyclic) bond motifs is 1. The van der Waals surface area contributed by atoms with E-state index in [9.17, 15) is 18.0 Å². The predicted octanol–water partition coefficient (Wildman–Crippen LogP) is 5.75. The number of thiophene rings is 1. The number of anilines is 1. The molecule has 0 fully saturated rings. The Morgan fingerprint density at radius 3 is 2.18 bits per heavy atom. The molecule has 1 amide bonds. The van der Waals surface area contributed by atoms with Gasteiger partial charge in [-0.1, -0.05) is 47.5 Å². The molecular weight excluding hydrogens is 520 g/mol. The molecule has 7 nitrogen and oxygen atoms in total. The fraction of sp³-hybridized carbons (Fsp3) is 0.241. The van der Waals surface area contributed by atoms with Gasteiger partial charge in [-0.3, -0.25) is 4.79 Å². The molecule has 0 saturated heterocycles. The summed E-state index contributed by atoms with van der Waals surface area (Å²) >= 11 is 1.30. The number of ether oxygens (including phenoxy) is 1. The van der Waals surface area contributed by atoms with Gasteiger partial charge in [0.15, 0.2) is 0 Å². The highest BCUT2D eigenvalue weighted by Crippen LogP contribution is 2.29. The van der Waals surface area contributed by atoms with E-state index in [-0.39, 0.29) is 18.0 Å². The van der Waals surface area contributed by atoms with Crippen molar-refractivity contribution in [3.05, 3.63) is 93.4 Å². The van der Waals surface area contributed by atoms with Crippen LogP contribution in [0.1, 0.15) is 37.5 Å². The van der Waals surface area contributed by atoms with Gasteiger partial charge in [-0.15, -0.1) is 11.3 Å². The lowest BCUT2D eigenvalue weighted by Crippen LogP contribution is -2.38. The maximum Gasteiger partial charge on any atom is 0.348 e. The molecule has 0 radical (unpaired) electrons. The molecule has 9 heteroatoms. The maximum absolute atomic E-state index is 13.9. The number of hydrogen-bond donors (Lipinski definition) is 1. The van der Waals surface area contributed by atoms with Gasteiger partial charge in [0.25, 0.3) is 0 Å². The Kier molecular flexibility index (Phi) is 8.01. The molecule has 0 aliphatic carbocycles. The van der Waals surface area contributed by atoms with Crippen molar-refractivity contribution in [2.75, 3.05) is 19.0 Å². The van der Waals surface area contributed by atoms with Crippen LogP contribution in [0, 0.1) is 27.7 Å². The molecule has 0 aliphatic rings. The number of carbonyl (C=O) groups excluding carboxylic acids is 2. The smallest absolute Gasteiger partial charge is 0.348 e. The Morgan fingerprint density at radius 1 is 0.895 bits per heavy atom. The van der Waals surface area contributed by atoms with Crippen molar-refractivity contribution in [1.29, 1.82) is 0 Å². The summed E-state index contributed by atoms with van der Waals surface area (Å²) in [5, 5.41) is 3.60. The standard InChI is InChI=1S/C29H30N2O5S2/c1-18-6-8-22(9-7-18)16-31(38(34,35)28-20(3)12-19(2)13-21(28)4)17-27(32)30-24-10-11-25-23(14-24)15-26(37-25)29(33)36-5/h6-15H,16-17H2,1-5H3,(H,30,32). The third-order valence-electron chi connectivity index (χ3n) is 6.19. The minimum absolute atomic E-state index is 0.0504. The second-order valence-corrected chi connectivity index (χ2v) is 12.3. The molecule has 0 atom stereocenters. The van der Waals surface area contributed by atoms with Gasteiger partial charge in [0.2, 0.25) is 15.9 Å². The first-order valence-electron chi connectivity index (χ1n) is 12.0. The van der Waals surface area contributed by atoms with Crippen LogP contribution in [0.2, 0.25) is 0 Å². The lowest BCUT2D eigenvalue weighted by Gasteiger charge is -2.24. The SMILES string of the molecule is COC(=O)c1cc2cc(NC(=O)CN(Cc3ccc(C)cc3)S(=O)(=O)c3c(C)cc(C)cc3C)ccc2s1. The van der Waals surface area contributed by atoms with Crippen LogP contribution in [0.15, 0.2) is 65.6 Å². The summed E-state index contributed by atoms with van der Waals surface area (Å²) in [6.07, 6.45) is 0. The number of nitrogens with zero attached hydrogens (tertiary/aromatic N) is 1. The number of amides is 1. The zero-order valence-electron chi connectivity index (χ0n) is 22.0. The highest BCUT2D eigenvalue weighted by Gasteiger charge is 2.30. The Labute approximate surface area is 227 Å². The second kappa shape index (κ2) is 11.1. The van der Waals surface area contributed by atoms with Gasteiger partial charge in [-0.25, -0.2) is 13.2 Å². The summed E-state index contributed by atoms with van der Waals surface area (Å²) in [5.74, 6) is -0.888. The van der Waals surface area contributed by atoms with Crippen molar-refractivity contribution in [2.24, 2.45) is 0 Å². The average Bonchev–Trinajstić information content (AvgIpc) is 3.27.